The second-order valence-electron chi connectivity index (χ2n) is 6.73. The zero-order valence-electron chi connectivity index (χ0n) is 15.1. The maximum absolute atomic E-state index is 13.2. The fourth-order valence-electron chi connectivity index (χ4n) is 2.62. The molecule has 4 rings (SSSR count). The van der Waals surface area contributed by atoms with Crippen LogP contribution < -0.4 is 10.1 Å². The van der Waals surface area contributed by atoms with E-state index in [1.807, 2.05) is 0 Å². The largest absolute Gasteiger partial charge is 0.493 e. The topological polar surface area (TPSA) is 82.0 Å². The van der Waals surface area contributed by atoms with Gasteiger partial charge >= 0.3 is 0 Å². The zero-order chi connectivity index (χ0) is 19.3. The predicted molar refractivity (Wildman–Crippen MR) is 102 cm³/mol. The molecule has 1 aliphatic carbocycles. The van der Waals surface area contributed by atoms with Crippen LogP contribution in [0.15, 0.2) is 35.6 Å². The first kappa shape index (κ1) is 18.8. The zero-order valence-corrected chi connectivity index (χ0v) is 15.9. The number of carbonyl (C=O) groups is 1. The van der Waals surface area contributed by atoms with Crippen LogP contribution in [0.1, 0.15) is 24.8 Å². The molecule has 1 aromatic heterocycles. The molecule has 2 heterocycles. The number of halogens is 1. The molecule has 0 spiro atoms. The lowest BCUT2D eigenvalue weighted by Gasteiger charge is -2.10. The summed E-state index contributed by atoms with van der Waals surface area (Å²) in [5.74, 6) is 0.866. The molecule has 1 amide bonds. The molecular weight excluding hydrogens is 385 g/mol. The molecule has 0 bridgehead atoms. The molecule has 2 fully saturated rings. The summed E-state index contributed by atoms with van der Waals surface area (Å²) in [7, 11) is 0. The van der Waals surface area contributed by atoms with E-state index in [1.165, 1.54) is 12.8 Å². The Morgan fingerprint density at radius 3 is 2.79 bits per heavy atom. The summed E-state index contributed by atoms with van der Waals surface area (Å²) >= 11 is 0.744. The summed E-state index contributed by atoms with van der Waals surface area (Å²) < 4.78 is 24.1. The molecule has 1 atom stereocenters. The van der Waals surface area contributed by atoms with Gasteiger partial charge in [0.05, 0.1) is 26.0 Å². The molecular formula is C19H20FN3O4S. The molecule has 28 heavy (non-hydrogen) atoms. The van der Waals surface area contributed by atoms with Crippen LogP contribution in [0.25, 0.3) is 0 Å². The van der Waals surface area contributed by atoms with Gasteiger partial charge in [0.1, 0.15) is 5.75 Å². The fraction of sp³-hybridized carbons (Fsp3) is 0.421. The molecule has 9 heteroatoms. The second kappa shape index (κ2) is 8.66. The normalized spacial score (nSPS) is 19.5. The van der Waals surface area contributed by atoms with Gasteiger partial charge < -0.3 is 14.3 Å². The van der Waals surface area contributed by atoms with Crippen molar-refractivity contribution in [1.82, 2.24) is 4.98 Å². The summed E-state index contributed by atoms with van der Waals surface area (Å²) in [4.78, 5) is 22.0. The van der Waals surface area contributed by atoms with Gasteiger partial charge in [-0.05, 0) is 43.0 Å². The molecule has 0 radical (unpaired) electrons. The Labute approximate surface area is 165 Å². The third kappa shape index (κ3) is 5.05. The van der Waals surface area contributed by atoms with E-state index in [-0.39, 0.29) is 16.9 Å². The smallest absolute Gasteiger partial charge is 0.280 e. The lowest BCUT2D eigenvalue weighted by molar-refractivity contribution is -0.110. The van der Waals surface area contributed by atoms with Gasteiger partial charge in [-0.15, -0.1) is 0 Å². The summed E-state index contributed by atoms with van der Waals surface area (Å²) in [5.41, 5.74) is 0.642. The van der Waals surface area contributed by atoms with Crippen molar-refractivity contribution in [2.45, 2.75) is 25.4 Å². The number of thiazole rings is 1. The average molecular weight is 405 g/mol. The Morgan fingerprint density at radius 2 is 2.14 bits per heavy atom. The van der Waals surface area contributed by atoms with Crippen LogP contribution in [-0.2, 0) is 14.4 Å². The van der Waals surface area contributed by atoms with Crippen LogP contribution in [0.5, 0.6) is 5.75 Å². The standard InChI is InChI=1S/C19H20FN3O4S/c20-16-9-21-19(28-16)22-18(24)17(23-27-15-7-8-25-11-15)13-3-5-14(6-4-13)26-10-12-1-2-12/h3-6,9,12,15H,1-2,7-8,10-11H2,(H,21,22,24)/b23-17+/t15-/m1/s1. The number of oxime groups is 1. The van der Waals surface area contributed by atoms with Crippen LogP contribution in [-0.4, -0.2) is 42.5 Å². The van der Waals surface area contributed by atoms with Crippen LogP contribution >= 0.6 is 11.3 Å². The Bertz CT molecular complexity index is 845. The van der Waals surface area contributed by atoms with E-state index in [9.17, 15) is 9.18 Å². The Kier molecular flexibility index (Phi) is 5.82. The minimum atomic E-state index is -0.528. The molecule has 7 nitrogen and oxygen atoms in total. The number of aromatic nitrogens is 1. The van der Waals surface area contributed by atoms with Crippen LogP contribution in [0.2, 0.25) is 0 Å². The van der Waals surface area contributed by atoms with Crippen molar-refractivity contribution in [3.8, 4) is 5.75 Å². The number of nitrogens with one attached hydrogen (secondary N) is 1. The van der Waals surface area contributed by atoms with Gasteiger partial charge in [-0.1, -0.05) is 16.5 Å². The van der Waals surface area contributed by atoms with Gasteiger partial charge in [-0.3, -0.25) is 10.1 Å². The molecule has 1 N–H and O–H groups in total. The van der Waals surface area contributed by atoms with Crippen LogP contribution in [0.4, 0.5) is 9.52 Å². The summed E-state index contributed by atoms with van der Waals surface area (Å²) in [6, 6.07) is 7.08. The average Bonchev–Trinajstić information content (AvgIpc) is 3.21. The van der Waals surface area contributed by atoms with E-state index in [0.29, 0.717) is 37.7 Å². The van der Waals surface area contributed by atoms with Crippen molar-refractivity contribution in [3.63, 3.8) is 0 Å². The highest BCUT2D eigenvalue weighted by Gasteiger charge is 2.23. The van der Waals surface area contributed by atoms with E-state index in [2.05, 4.69) is 15.5 Å². The number of carbonyl (C=O) groups excluding carboxylic acids is 1. The third-order valence-electron chi connectivity index (χ3n) is 4.40. The van der Waals surface area contributed by atoms with E-state index < -0.39 is 11.0 Å². The van der Waals surface area contributed by atoms with Crippen LogP contribution in [0.3, 0.4) is 0 Å². The number of benzene rings is 1. The first-order valence-electron chi connectivity index (χ1n) is 9.15. The monoisotopic (exact) mass is 405 g/mol. The van der Waals surface area contributed by atoms with E-state index >= 15 is 0 Å². The van der Waals surface area contributed by atoms with Crippen molar-refractivity contribution in [3.05, 3.63) is 41.2 Å². The predicted octanol–water partition coefficient (Wildman–Crippen LogP) is 3.22. The fourth-order valence-corrected chi connectivity index (χ4v) is 3.16. The maximum atomic E-state index is 13.2. The van der Waals surface area contributed by atoms with Crippen molar-refractivity contribution < 1.29 is 23.5 Å². The molecule has 1 aliphatic heterocycles. The molecule has 1 saturated carbocycles. The lowest BCUT2D eigenvalue weighted by atomic mass is 10.1. The highest BCUT2D eigenvalue weighted by molar-refractivity contribution is 7.14. The van der Waals surface area contributed by atoms with Crippen LogP contribution in [0, 0.1) is 11.0 Å². The van der Waals surface area contributed by atoms with E-state index in [4.69, 9.17) is 14.3 Å². The maximum Gasteiger partial charge on any atom is 0.280 e. The number of hydrogen-bond donors (Lipinski definition) is 1. The van der Waals surface area contributed by atoms with Gasteiger partial charge in [0, 0.05) is 12.0 Å². The van der Waals surface area contributed by atoms with Gasteiger partial charge in [0.15, 0.2) is 22.1 Å². The highest BCUT2D eigenvalue weighted by atomic mass is 32.1. The van der Waals surface area contributed by atoms with E-state index in [1.54, 1.807) is 24.3 Å². The molecule has 148 valence electrons. The minimum Gasteiger partial charge on any atom is -0.493 e. The van der Waals surface area contributed by atoms with Gasteiger partial charge in [0.25, 0.3) is 5.91 Å². The number of nitrogens with zero attached hydrogens (tertiary/aromatic N) is 2. The van der Waals surface area contributed by atoms with E-state index in [0.717, 1.165) is 23.3 Å². The number of anilines is 1. The Hall–Kier alpha value is -2.52. The summed E-state index contributed by atoms with van der Waals surface area (Å²) in [5, 5.41) is 6.29. The van der Waals surface area contributed by atoms with Gasteiger partial charge in [0.2, 0.25) is 0 Å². The molecule has 1 saturated heterocycles. The first-order valence-corrected chi connectivity index (χ1v) is 9.96. The number of rotatable bonds is 8. The first-order chi connectivity index (χ1) is 13.7. The van der Waals surface area contributed by atoms with Crippen molar-refractivity contribution in [2.75, 3.05) is 25.1 Å². The third-order valence-corrected chi connectivity index (χ3v) is 5.11. The molecule has 2 aromatic rings. The number of hydrogen-bond acceptors (Lipinski definition) is 7. The second-order valence-corrected chi connectivity index (χ2v) is 7.71. The van der Waals surface area contributed by atoms with Crippen molar-refractivity contribution in [2.24, 2.45) is 11.1 Å². The summed E-state index contributed by atoms with van der Waals surface area (Å²) in [6.07, 6.45) is 4.00. The Balaban J connectivity index is 1.49. The number of ether oxygens (including phenoxy) is 2. The highest BCUT2D eigenvalue weighted by Crippen LogP contribution is 2.29. The molecule has 2 aliphatic rings. The molecule has 1 aromatic carbocycles. The van der Waals surface area contributed by atoms with Crippen molar-refractivity contribution >= 4 is 28.1 Å². The van der Waals surface area contributed by atoms with Gasteiger partial charge in [-0.25, -0.2) is 4.98 Å². The minimum absolute atomic E-state index is 0.0799. The summed E-state index contributed by atoms with van der Waals surface area (Å²) in [6.45, 7) is 1.75. The SMILES string of the molecule is O=C(Nc1ncc(F)s1)/C(=N/O[C@@H]1CCOC1)c1ccc(OCC2CC2)cc1. The molecule has 0 unspecified atom stereocenters. The van der Waals surface area contributed by atoms with Crippen molar-refractivity contribution in [1.29, 1.82) is 0 Å². The van der Waals surface area contributed by atoms with Gasteiger partial charge in [-0.2, -0.15) is 4.39 Å². The lowest BCUT2D eigenvalue weighted by Crippen LogP contribution is -2.25. The number of amides is 1. The Morgan fingerprint density at radius 1 is 1.32 bits per heavy atom. The quantitative estimate of drug-likeness (QED) is 0.539.